The number of nitrogens with zero attached hydrogens (tertiary/aromatic N) is 1. The number of fused-ring (bicyclic) bond motifs is 2. The van der Waals surface area contributed by atoms with Crippen LogP contribution in [0, 0.1) is 20.8 Å². The summed E-state index contributed by atoms with van der Waals surface area (Å²) in [6, 6.07) is 7.07. The van der Waals surface area contributed by atoms with Crippen molar-refractivity contribution >= 4 is 0 Å². The Bertz CT molecular complexity index is 791. The van der Waals surface area contributed by atoms with Gasteiger partial charge in [0.2, 0.25) is 0 Å². The number of hydrogen-bond donors (Lipinski definition) is 1. The summed E-state index contributed by atoms with van der Waals surface area (Å²) >= 11 is 0. The van der Waals surface area contributed by atoms with Gasteiger partial charge in [-0.3, -0.25) is 4.90 Å². The second-order valence-corrected chi connectivity index (χ2v) is 6.98. The van der Waals surface area contributed by atoms with E-state index in [2.05, 4.69) is 37.9 Å². The molecule has 1 atom stereocenters. The fourth-order valence-corrected chi connectivity index (χ4v) is 4.24. The first-order valence-corrected chi connectivity index (χ1v) is 8.14. The van der Waals surface area contributed by atoms with E-state index in [4.69, 9.17) is 0 Å². The van der Waals surface area contributed by atoms with E-state index in [1.54, 1.807) is 0 Å². The second kappa shape index (κ2) is 4.60. The van der Waals surface area contributed by atoms with Crippen LogP contribution in [0.15, 0.2) is 18.2 Å². The van der Waals surface area contributed by atoms with Gasteiger partial charge in [0.05, 0.1) is 0 Å². The lowest BCUT2D eigenvalue weighted by molar-refractivity contribution is 0.228. The Labute approximate surface area is 132 Å². The second-order valence-electron chi connectivity index (χ2n) is 6.98. The lowest BCUT2D eigenvalue weighted by Gasteiger charge is -2.41. The predicted octanol–water partition coefficient (Wildman–Crippen LogP) is 4.07. The molecule has 1 N–H and O–H groups in total. The molecule has 1 aliphatic heterocycles. The molecule has 0 aromatic heterocycles. The van der Waals surface area contributed by atoms with E-state index >= 15 is 0 Å². The van der Waals surface area contributed by atoms with Crippen LogP contribution in [-0.2, 0) is 12.8 Å². The molecule has 1 aliphatic carbocycles. The minimum absolute atomic E-state index is 0.452. The number of aryl methyl sites for hydroxylation is 2. The van der Waals surface area contributed by atoms with Gasteiger partial charge in [0.1, 0.15) is 5.75 Å². The number of phenols is 1. The van der Waals surface area contributed by atoms with Crippen molar-refractivity contribution in [2.45, 2.75) is 39.7 Å². The van der Waals surface area contributed by atoms with Gasteiger partial charge in [-0.05, 0) is 79.6 Å². The van der Waals surface area contributed by atoms with Gasteiger partial charge >= 0.3 is 0 Å². The van der Waals surface area contributed by atoms with Crippen LogP contribution in [0.4, 0.5) is 0 Å². The maximum atomic E-state index is 10.7. The van der Waals surface area contributed by atoms with Crippen molar-refractivity contribution in [2.75, 3.05) is 13.6 Å². The van der Waals surface area contributed by atoms with Crippen LogP contribution in [0.1, 0.15) is 39.4 Å². The van der Waals surface area contributed by atoms with Crippen molar-refractivity contribution in [3.8, 4) is 16.9 Å². The van der Waals surface area contributed by atoms with Gasteiger partial charge in [0.15, 0.2) is 0 Å². The molecule has 0 fully saturated rings. The molecule has 0 unspecified atom stereocenters. The first-order valence-electron chi connectivity index (χ1n) is 8.14. The fourth-order valence-electron chi connectivity index (χ4n) is 4.24. The molecular weight excluding hydrogens is 270 g/mol. The number of benzene rings is 2. The van der Waals surface area contributed by atoms with Crippen LogP contribution in [0.5, 0.6) is 5.75 Å². The Morgan fingerprint density at radius 2 is 1.82 bits per heavy atom. The van der Waals surface area contributed by atoms with Gasteiger partial charge in [-0.25, -0.2) is 0 Å². The molecule has 114 valence electrons. The van der Waals surface area contributed by atoms with Gasteiger partial charge in [-0.1, -0.05) is 18.2 Å². The lowest BCUT2D eigenvalue weighted by atomic mass is 9.74. The van der Waals surface area contributed by atoms with Crippen molar-refractivity contribution in [1.82, 2.24) is 4.90 Å². The molecule has 2 nitrogen and oxygen atoms in total. The van der Waals surface area contributed by atoms with E-state index in [1.807, 2.05) is 13.0 Å². The standard InChI is InChI=1S/C20H23NO/c1-11-5-6-14-10-16-18-15(7-8-21(16)4)9-12(2)13(3)17(18)19(14)20(11)22/h5-6,9,16,22H,7-8,10H2,1-4H3/t16-/m0/s1. The third-order valence-electron chi connectivity index (χ3n) is 5.70. The molecule has 2 aliphatic rings. The van der Waals surface area contributed by atoms with Crippen molar-refractivity contribution in [3.05, 3.63) is 51.6 Å². The van der Waals surface area contributed by atoms with E-state index in [-0.39, 0.29) is 0 Å². The normalized spacial score (nSPS) is 19.7. The Hall–Kier alpha value is -1.80. The highest BCUT2D eigenvalue weighted by molar-refractivity contribution is 5.84. The molecule has 0 bridgehead atoms. The quantitative estimate of drug-likeness (QED) is 0.791. The highest BCUT2D eigenvalue weighted by Gasteiger charge is 2.35. The molecule has 0 amide bonds. The van der Waals surface area contributed by atoms with Crippen LogP contribution in [0.3, 0.4) is 0 Å². The lowest BCUT2D eigenvalue weighted by Crippen LogP contribution is -2.36. The SMILES string of the molecule is Cc1cc2c3c(c1C)-c1c(ccc(C)c1O)C[C@@H]3N(C)CC2. The van der Waals surface area contributed by atoms with Gasteiger partial charge < -0.3 is 5.11 Å². The first kappa shape index (κ1) is 13.8. The number of rotatable bonds is 0. The highest BCUT2D eigenvalue weighted by atomic mass is 16.3. The van der Waals surface area contributed by atoms with E-state index in [0.717, 1.165) is 30.5 Å². The molecule has 2 aromatic carbocycles. The summed E-state index contributed by atoms with van der Waals surface area (Å²) < 4.78 is 0. The molecule has 4 rings (SSSR count). The van der Waals surface area contributed by atoms with Gasteiger partial charge in [0.25, 0.3) is 0 Å². The maximum Gasteiger partial charge on any atom is 0.126 e. The Balaban J connectivity index is 2.13. The molecule has 0 radical (unpaired) electrons. The zero-order chi connectivity index (χ0) is 15.6. The van der Waals surface area contributed by atoms with Crippen LogP contribution < -0.4 is 0 Å². The minimum Gasteiger partial charge on any atom is -0.507 e. The molecule has 2 heteroatoms. The summed E-state index contributed by atoms with van der Waals surface area (Å²) in [5, 5.41) is 10.7. The highest BCUT2D eigenvalue weighted by Crippen LogP contribution is 2.50. The van der Waals surface area contributed by atoms with E-state index in [9.17, 15) is 5.11 Å². The third kappa shape index (κ3) is 1.70. The van der Waals surface area contributed by atoms with Crippen molar-refractivity contribution in [1.29, 1.82) is 0 Å². The average Bonchev–Trinajstić information content (AvgIpc) is 2.50. The maximum absolute atomic E-state index is 10.7. The Morgan fingerprint density at radius 3 is 2.59 bits per heavy atom. The smallest absolute Gasteiger partial charge is 0.126 e. The molecule has 1 heterocycles. The number of aromatic hydroxyl groups is 1. The largest absolute Gasteiger partial charge is 0.507 e. The molecule has 0 spiro atoms. The number of hydrogen-bond acceptors (Lipinski definition) is 2. The van der Waals surface area contributed by atoms with Crippen LogP contribution in [0.2, 0.25) is 0 Å². The summed E-state index contributed by atoms with van der Waals surface area (Å²) in [4.78, 5) is 2.47. The first-order chi connectivity index (χ1) is 10.5. The summed E-state index contributed by atoms with van der Waals surface area (Å²) in [5.41, 5.74) is 10.2. The van der Waals surface area contributed by atoms with E-state index in [0.29, 0.717) is 11.8 Å². The Morgan fingerprint density at radius 1 is 1.05 bits per heavy atom. The summed E-state index contributed by atoms with van der Waals surface area (Å²) in [6.07, 6.45) is 2.11. The fraction of sp³-hybridized carbons (Fsp3) is 0.400. The van der Waals surface area contributed by atoms with E-state index in [1.165, 1.54) is 33.4 Å². The monoisotopic (exact) mass is 293 g/mol. The molecule has 2 aromatic rings. The van der Waals surface area contributed by atoms with E-state index < -0.39 is 0 Å². The topological polar surface area (TPSA) is 23.5 Å². The summed E-state index contributed by atoms with van der Waals surface area (Å²) in [7, 11) is 2.23. The molecular formula is C20H23NO. The van der Waals surface area contributed by atoms with Gasteiger partial charge in [0, 0.05) is 18.2 Å². The average molecular weight is 293 g/mol. The molecule has 0 saturated carbocycles. The number of likely N-dealkylation sites (N-methyl/N-ethyl adjacent to an activating group) is 1. The van der Waals surface area contributed by atoms with Crippen molar-refractivity contribution in [2.24, 2.45) is 0 Å². The predicted molar refractivity (Wildman–Crippen MR) is 90.5 cm³/mol. The zero-order valence-corrected chi connectivity index (χ0v) is 13.8. The van der Waals surface area contributed by atoms with Gasteiger partial charge in [-0.2, -0.15) is 0 Å². The Kier molecular flexibility index (Phi) is 2.89. The summed E-state index contributed by atoms with van der Waals surface area (Å²) in [6.45, 7) is 7.51. The minimum atomic E-state index is 0.452. The van der Waals surface area contributed by atoms with Gasteiger partial charge in [-0.15, -0.1) is 0 Å². The zero-order valence-electron chi connectivity index (χ0n) is 13.8. The van der Waals surface area contributed by atoms with Crippen LogP contribution >= 0.6 is 0 Å². The molecule has 0 saturated heterocycles. The van der Waals surface area contributed by atoms with Crippen LogP contribution in [0.25, 0.3) is 11.1 Å². The van der Waals surface area contributed by atoms with Crippen molar-refractivity contribution < 1.29 is 5.11 Å². The number of phenolic OH excluding ortho intramolecular Hbond substituents is 1. The molecule has 22 heavy (non-hydrogen) atoms. The third-order valence-corrected chi connectivity index (χ3v) is 5.70. The van der Waals surface area contributed by atoms with Crippen molar-refractivity contribution in [3.63, 3.8) is 0 Å². The van der Waals surface area contributed by atoms with Crippen LogP contribution in [-0.4, -0.2) is 23.6 Å². The summed E-state index contributed by atoms with van der Waals surface area (Å²) in [5.74, 6) is 0.472.